The lowest BCUT2D eigenvalue weighted by molar-refractivity contribution is -0.148. The van der Waals surface area contributed by atoms with Crippen LogP contribution >= 0.6 is 0 Å². The Hall–Kier alpha value is -0.330. The maximum absolute atomic E-state index is 12.3. The van der Waals surface area contributed by atoms with Crippen molar-refractivity contribution in [1.29, 1.82) is 0 Å². The topological polar surface area (TPSA) is 17.1 Å². The summed E-state index contributed by atoms with van der Waals surface area (Å²) < 4.78 is 0. The Morgan fingerprint density at radius 1 is 1.25 bits per heavy atom. The third kappa shape index (κ3) is 1.63. The fourth-order valence-electron chi connectivity index (χ4n) is 3.99. The minimum atomic E-state index is -0.0154. The highest BCUT2D eigenvalue weighted by atomic mass is 16.1. The SMILES string of the molecule is CC(C)C1CCC2(C)CCCC(=O)C2(C)C1. The van der Waals surface area contributed by atoms with Gasteiger partial charge >= 0.3 is 0 Å². The van der Waals surface area contributed by atoms with E-state index in [1.54, 1.807) is 0 Å². The first kappa shape index (κ1) is 12.1. The maximum atomic E-state index is 12.3. The lowest BCUT2D eigenvalue weighted by atomic mass is 9.48. The van der Waals surface area contributed by atoms with Gasteiger partial charge in [-0.2, -0.15) is 0 Å². The Kier molecular flexibility index (Phi) is 2.92. The number of carbonyl (C=O) groups is 1. The molecule has 3 atom stereocenters. The largest absolute Gasteiger partial charge is 0.299 e. The molecule has 0 spiro atoms. The molecule has 2 rings (SSSR count). The molecule has 2 fully saturated rings. The summed E-state index contributed by atoms with van der Waals surface area (Å²) >= 11 is 0. The molecule has 1 nitrogen and oxygen atoms in total. The Morgan fingerprint density at radius 2 is 1.94 bits per heavy atom. The molecule has 0 aromatic carbocycles. The number of hydrogen-bond donors (Lipinski definition) is 0. The van der Waals surface area contributed by atoms with Gasteiger partial charge in [-0.1, -0.05) is 27.7 Å². The minimum absolute atomic E-state index is 0.0154. The molecule has 2 aliphatic carbocycles. The number of rotatable bonds is 1. The van der Waals surface area contributed by atoms with Gasteiger partial charge in [0, 0.05) is 11.8 Å². The van der Waals surface area contributed by atoms with Gasteiger partial charge in [0.05, 0.1) is 0 Å². The Bertz CT molecular complexity index is 294. The molecule has 3 unspecified atom stereocenters. The first-order chi connectivity index (χ1) is 7.39. The Labute approximate surface area is 100.0 Å². The van der Waals surface area contributed by atoms with Crippen LogP contribution in [0.2, 0.25) is 0 Å². The molecule has 0 radical (unpaired) electrons. The van der Waals surface area contributed by atoms with Crippen LogP contribution in [0.3, 0.4) is 0 Å². The summed E-state index contributed by atoms with van der Waals surface area (Å²) in [5, 5.41) is 0. The van der Waals surface area contributed by atoms with E-state index in [1.165, 1.54) is 19.3 Å². The van der Waals surface area contributed by atoms with Gasteiger partial charge in [0.1, 0.15) is 5.78 Å². The van der Waals surface area contributed by atoms with E-state index in [-0.39, 0.29) is 5.41 Å². The van der Waals surface area contributed by atoms with Gasteiger partial charge in [-0.3, -0.25) is 4.79 Å². The van der Waals surface area contributed by atoms with E-state index in [2.05, 4.69) is 27.7 Å². The van der Waals surface area contributed by atoms with Gasteiger partial charge in [-0.05, 0) is 49.4 Å². The summed E-state index contributed by atoms with van der Waals surface area (Å²) in [6, 6.07) is 0. The average Bonchev–Trinajstić information content (AvgIpc) is 2.20. The molecule has 0 N–H and O–H groups in total. The van der Waals surface area contributed by atoms with Crippen molar-refractivity contribution in [2.45, 2.75) is 66.2 Å². The fraction of sp³-hybridized carbons (Fsp3) is 0.933. The van der Waals surface area contributed by atoms with Crippen LogP contribution in [-0.2, 0) is 4.79 Å². The summed E-state index contributed by atoms with van der Waals surface area (Å²) in [6.45, 7) is 9.23. The van der Waals surface area contributed by atoms with E-state index in [1.807, 2.05) is 0 Å². The van der Waals surface area contributed by atoms with Crippen LogP contribution in [0.15, 0.2) is 0 Å². The second-order valence-electron chi connectivity index (χ2n) is 6.92. The number of hydrogen-bond acceptors (Lipinski definition) is 1. The van der Waals surface area contributed by atoms with Crippen LogP contribution in [0.1, 0.15) is 66.2 Å². The highest BCUT2D eigenvalue weighted by Crippen LogP contribution is 2.59. The van der Waals surface area contributed by atoms with E-state index < -0.39 is 0 Å². The maximum Gasteiger partial charge on any atom is 0.139 e. The molecule has 0 amide bonds. The van der Waals surface area contributed by atoms with Crippen molar-refractivity contribution in [2.75, 3.05) is 0 Å². The Balaban J connectivity index is 2.26. The molecule has 0 aromatic rings. The molecule has 0 aromatic heterocycles. The van der Waals surface area contributed by atoms with E-state index in [0.717, 1.165) is 31.1 Å². The van der Waals surface area contributed by atoms with Crippen LogP contribution in [0.4, 0.5) is 0 Å². The molecule has 0 aliphatic heterocycles. The summed E-state index contributed by atoms with van der Waals surface area (Å²) in [6.07, 6.45) is 6.95. The quantitative estimate of drug-likeness (QED) is 0.649. The summed E-state index contributed by atoms with van der Waals surface area (Å²) in [5.74, 6) is 2.04. The zero-order valence-corrected chi connectivity index (χ0v) is 11.3. The van der Waals surface area contributed by atoms with E-state index in [4.69, 9.17) is 0 Å². The summed E-state index contributed by atoms with van der Waals surface area (Å²) in [5.41, 5.74) is 0.284. The van der Waals surface area contributed by atoms with Crippen LogP contribution < -0.4 is 0 Å². The van der Waals surface area contributed by atoms with Crippen molar-refractivity contribution >= 4 is 5.78 Å². The number of ketones is 1. The number of carbonyl (C=O) groups excluding carboxylic acids is 1. The molecule has 2 saturated carbocycles. The lowest BCUT2D eigenvalue weighted by Crippen LogP contribution is -2.51. The minimum Gasteiger partial charge on any atom is -0.299 e. The smallest absolute Gasteiger partial charge is 0.139 e. The van der Waals surface area contributed by atoms with Gasteiger partial charge < -0.3 is 0 Å². The monoisotopic (exact) mass is 222 g/mol. The number of Topliss-reactive ketones (excluding diaryl/α,β-unsaturated/α-hetero) is 1. The van der Waals surface area contributed by atoms with E-state index >= 15 is 0 Å². The first-order valence-corrected chi connectivity index (χ1v) is 6.92. The Morgan fingerprint density at radius 3 is 2.56 bits per heavy atom. The van der Waals surface area contributed by atoms with Crippen LogP contribution in [0.25, 0.3) is 0 Å². The second-order valence-corrected chi connectivity index (χ2v) is 6.92. The highest BCUT2D eigenvalue weighted by Gasteiger charge is 2.54. The van der Waals surface area contributed by atoms with Crippen molar-refractivity contribution in [3.63, 3.8) is 0 Å². The third-order valence-electron chi connectivity index (χ3n) is 5.76. The predicted octanol–water partition coefficient (Wildman–Crippen LogP) is 4.21. The third-order valence-corrected chi connectivity index (χ3v) is 5.76. The van der Waals surface area contributed by atoms with Crippen LogP contribution in [0, 0.1) is 22.7 Å². The van der Waals surface area contributed by atoms with Gasteiger partial charge in [-0.25, -0.2) is 0 Å². The zero-order chi connectivity index (χ0) is 12.0. The van der Waals surface area contributed by atoms with E-state index in [0.29, 0.717) is 11.2 Å². The van der Waals surface area contributed by atoms with Crippen molar-refractivity contribution in [1.82, 2.24) is 0 Å². The standard InChI is InChI=1S/C15H26O/c1-11(2)12-7-9-14(3)8-5-6-13(16)15(14,4)10-12/h11-12H,5-10H2,1-4H3. The van der Waals surface area contributed by atoms with Crippen molar-refractivity contribution in [3.8, 4) is 0 Å². The lowest BCUT2D eigenvalue weighted by Gasteiger charge is -2.55. The normalized spacial score (nSPS) is 44.6. The average molecular weight is 222 g/mol. The number of fused-ring (bicyclic) bond motifs is 1. The van der Waals surface area contributed by atoms with Crippen molar-refractivity contribution < 1.29 is 4.79 Å². The molecular weight excluding hydrogens is 196 g/mol. The first-order valence-electron chi connectivity index (χ1n) is 6.92. The van der Waals surface area contributed by atoms with Gasteiger partial charge in [0.2, 0.25) is 0 Å². The van der Waals surface area contributed by atoms with Crippen molar-refractivity contribution in [2.24, 2.45) is 22.7 Å². The van der Waals surface area contributed by atoms with Crippen LogP contribution in [-0.4, -0.2) is 5.78 Å². The van der Waals surface area contributed by atoms with Crippen LogP contribution in [0.5, 0.6) is 0 Å². The second kappa shape index (κ2) is 3.85. The fourth-order valence-corrected chi connectivity index (χ4v) is 3.99. The summed E-state index contributed by atoms with van der Waals surface area (Å²) in [7, 11) is 0. The molecular formula is C15H26O. The molecule has 92 valence electrons. The molecule has 0 bridgehead atoms. The van der Waals surface area contributed by atoms with Gasteiger partial charge in [0.15, 0.2) is 0 Å². The molecule has 0 saturated heterocycles. The molecule has 2 aliphatic rings. The van der Waals surface area contributed by atoms with Gasteiger partial charge in [-0.15, -0.1) is 0 Å². The molecule has 16 heavy (non-hydrogen) atoms. The summed E-state index contributed by atoms with van der Waals surface area (Å²) in [4.78, 5) is 12.3. The molecule has 0 heterocycles. The highest BCUT2D eigenvalue weighted by molar-refractivity contribution is 5.86. The van der Waals surface area contributed by atoms with Gasteiger partial charge in [0.25, 0.3) is 0 Å². The van der Waals surface area contributed by atoms with E-state index in [9.17, 15) is 4.79 Å². The predicted molar refractivity (Wildman–Crippen MR) is 67.3 cm³/mol. The zero-order valence-electron chi connectivity index (χ0n) is 11.3. The van der Waals surface area contributed by atoms with Crippen molar-refractivity contribution in [3.05, 3.63) is 0 Å². The molecule has 1 heteroatoms.